The van der Waals surface area contributed by atoms with Gasteiger partial charge in [0, 0.05) is 43.3 Å². The van der Waals surface area contributed by atoms with Crippen molar-refractivity contribution in [2.75, 3.05) is 13.1 Å². The third-order valence-corrected chi connectivity index (χ3v) is 4.70. The number of amides is 1. The van der Waals surface area contributed by atoms with Gasteiger partial charge in [0.15, 0.2) is 0 Å². The van der Waals surface area contributed by atoms with Gasteiger partial charge in [-0.3, -0.25) is 9.78 Å². The summed E-state index contributed by atoms with van der Waals surface area (Å²) in [5, 5.41) is 1.15. The zero-order chi connectivity index (χ0) is 16.4. The van der Waals surface area contributed by atoms with Crippen LogP contribution in [0, 0.1) is 5.92 Å². The Balaban J connectivity index is 1.45. The Kier molecular flexibility index (Phi) is 3.99. The van der Waals surface area contributed by atoms with Crippen molar-refractivity contribution < 1.29 is 4.79 Å². The molecule has 3 aromatic rings. The average Bonchev–Trinajstić information content (AvgIpc) is 3.10. The molecular formula is C19H20N4O. The maximum atomic E-state index is 12.6. The maximum absolute atomic E-state index is 12.6. The van der Waals surface area contributed by atoms with Gasteiger partial charge in [0.1, 0.15) is 5.65 Å². The van der Waals surface area contributed by atoms with E-state index >= 15 is 0 Å². The standard InChI is InChI=1S/C19H20N4O/c24-19(17-4-1-6-20-12-17)23-8-2-3-14(13-23)9-15-10-16-5-7-21-18(16)22-11-15/h1,4-7,10-12,14H,2-3,8-9,13H2,(H,21,22). The second-order valence-electron chi connectivity index (χ2n) is 6.46. The summed E-state index contributed by atoms with van der Waals surface area (Å²) in [4.78, 5) is 26.2. The SMILES string of the molecule is O=C(c1cccnc1)N1CCCC(Cc2cnc3[nH]ccc3c2)C1. The average molecular weight is 320 g/mol. The molecule has 4 rings (SSSR count). The summed E-state index contributed by atoms with van der Waals surface area (Å²) < 4.78 is 0. The van der Waals surface area contributed by atoms with Crippen molar-refractivity contribution in [3.05, 3.63) is 60.2 Å². The van der Waals surface area contributed by atoms with E-state index in [2.05, 4.69) is 21.0 Å². The highest BCUT2D eigenvalue weighted by Gasteiger charge is 2.24. The predicted molar refractivity (Wildman–Crippen MR) is 92.7 cm³/mol. The molecule has 122 valence electrons. The van der Waals surface area contributed by atoms with Gasteiger partial charge in [-0.15, -0.1) is 0 Å². The quantitative estimate of drug-likeness (QED) is 0.807. The lowest BCUT2D eigenvalue weighted by Crippen LogP contribution is -2.40. The van der Waals surface area contributed by atoms with Crippen LogP contribution < -0.4 is 0 Å². The first kappa shape index (κ1) is 14.9. The summed E-state index contributed by atoms with van der Waals surface area (Å²) in [5.41, 5.74) is 2.84. The van der Waals surface area contributed by atoms with Crippen LogP contribution >= 0.6 is 0 Å². The van der Waals surface area contributed by atoms with Crippen LogP contribution in [0.3, 0.4) is 0 Å². The molecule has 1 amide bonds. The number of likely N-dealkylation sites (tertiary alicyclic amines) is 1. The van der Waals surface area contributed by atoms with E-state index in [4.69, 9.17) is 0 Å². The molecule has 1 unspecified atom stereocenters. The Hall–Kier alpha value is -2.69. The lowest BCUT2D eigenvalue weighted by molar-refractivity contribution is 0.0673. The summed E-state index contributed by atoms with van der Waals surface area (Å²) >= 11 is 0. The minimum atomic E-state index is 0.0898. The molecular weight excluding hydrogens is 300 g/mol. The fourth-order valence-electron chi connectivity index (χ4n) is 3.52. The fourth-order valence-corrected chi connectivity index (χ4v) is 3.52. The monoisotopic (exact) mass is 320 g/mol. The molecule has 1 N–H and O–H groups in total. The molecule has 5 nitrogen and oxygen atoms in total. The topological polar surface area (TPSA) is 61.9 Å². The fraction of sp³-hybridized carbons (Fsp3) is 0.316. The molecule has 5 heteroatoms. The maximum Gasteiger partial charge on any atom is 0.255 e. The van der Waals surface area contributed by atoms with Gasteiger partial charge in [0.05, 0.1) is 5.56 Å². The summed E-state index contributed by atoms with van der Waals surface area (Å²) in [7, 11) is 0. The van der Waals surface area contributed by atoms with Crippen LogP contribution in [-0.2, 0) is 6.42 Å². The van der Waals surface area contributed by atoms with Crippen LogP contribution in [0.15, 0.2) is 49.1 Å². The van der Waals surface area contributed by atoms with Crippen LogP contribution in [-0.4, -0.2) is 38.8 Å². The van der Waals surface area contributed by atoms with Crippen LogP contribution in [0.2, 0.25) is 0 Å². The molecule has 1 aliphatic rings. The number of aromatic amines is 1. The zero-order valence-electron chi connectivity index (χ0n) is 13.5. The molecule has 0 aliphatic carbocycles. The molecule has 0 aromatic carbocycles. The van der Waals surface area contributed by atoms with Gasteiger partial charge in [-0.25, -0.2) is 4.98 Å². The van der Waals surface area contributed by atoms with Crippen LogP contribution in [0.25, 0.3) is 11.0 Å². The molecule has 1 atom stereocenters. The van der Waals surface area contributed by atoms with Gasteiger partial charge in [0.25, 0.3) is 5.91 Å². The van der Waals surface area contributed by atoms with Gasteiger partial charge in [0.2, 0.25) is 0 Å². The second-order valence-corrected chi connectivity index (χ2v) is 6.46. The van der Waals surface area contributed by atoms with Crippen molar-refractivity contribution in [2.24, 2.45) is 5.92 Å². The van der Waals surface area contributed by atoms with E-state index in [0.29, 0.717) is 11.5 Å². The normalized spacial score (nSPS) is 18.0. The first-order chi connectivity index (χ1) is 11.8. The molecule has 0 spiro atoms. The number of nitrogens with zero attached hydrogens (tertiary/aromatic N) is 3. The van der Waals surface area contributed by atoms with E-state index in [1.165, 1.54) is 5.56 Å². The van der Waals surface area contributed by atoms with Crippen molar-refractivity contribution in [1.82, 2.24) is 19.9 Å². The second kappa shape index (κ2) is 6.43. The lowest BCUT2D eigenvalue weighted by Gasteiger charge is -2.33. The van der Waals surface area contributed by atoms with Gasteiger partial charge in [-0.2, -0.15) is 0 Å². The first-order valence-electron chi connectivity index (χ1n) is 8.41. The minimum Gasteiger partial charge on any atom is -0.346 e. The summed E-state index contributed by atoms with van der Waals surface area (Å²) in [6.07, 6.45) is 10.4. The molecule has 3 aromatic heterocycles. The van der Waals surface area contributed by atoms with Crippen LogP contribution in [0.5, 0.6) is 0 Å². The number of fused-ring (bicyclic) bond motifs is 1. The number of hydrogen-bond donors (Lipinski definition) is 1. The highest BCUT2D eigenvalue weighted by atomic mass is 16.2. The number of aromatic nitrogens is 3. The summed E-state index contributed by atoms with van der Waals surface area (Å²) in [5.74, 6) is 0.574. The number of carbonyl (C=O) groups excluding carboxylic acids is 1. The van der Waals surface area contributed by atoms with E-state index in [9.17, 15) is 4.79 Å². The smallest absolute Gasteiger partial charge is 0.255 e. The molecule has 1 fully saturated rings. The van der Waals surface area contributed by atoms with E-state index < -0.39 is 0 Å². The van der Waals surface area contributed by atoms with Crippen molar-refractivity contribution in [3.8, 4) is 0 Å². The van der Waals surface area contributed by atoms with Gasteiger partial charge < -0.3 is 9.88 Å². The number of carbonyl (C=O) groups is 1. The third kappa shape index (κ3) is 3.02. The number of nitrogens with one attached hydrogen (secondary N) is 1. The lowest BCUT2D eigenvalue weighted by atomic mass is 9.91. The van der Waals surface area contributed by atoms with Crippen LogP contribution in [0.4, 0.5) is 0 Å². The van der Waals surface area contributed by atoms with Gasteiger partial charge in [-0.05, 0) is 55.0 Å². The van der Waals surface area contributed by atoms with Gasteiger partial charge >= 0.3 is 0 Å². The Morgan fingerprint density at radius 2 is 2.29 bits per heavy atom. The van der Waals surface area contributed by atoms with E-state index in [-0.39, 0.29) is 5.91 Å². The predicted octanol–water partition coefficient (Wildman–Crippen LogP) is 3.05. The number of piperidine rings is 1. The van der Waals surface area contributed by atoms with Crippen molar-refractivity contribution in [1.29, 1.82) is 0 Å². The third-order valence-electron chi connectivity index (χ3n) is 4.70. The number of H-pyrrole nitrogens is 1. The summed E-state index contributed by atoms with van der Waals surface area (Å²) in [6.45, 7) is 1.64. The van der Waals surface area contributed by atoms with Gasteiger partial charge in [-0.1, -0.05) is 0 Å². The molecule has 1 aliphatic heterocycles. The molecule has 0 radical (unpaired) electrons. The highest BCUT2D eigenvalue weighted by molar-refractivity contribution is 5.93. The van der Waals surface area contributed by atoms with E-state index in [1.807, 2.05) is 35.5 Å². The molecule has 24 heavy (non-hydrogen) atoms. The highest BCUT2D eigenvalue weighted by Crippen LogP contribution is 2.23. The molecule has 0 saturated carbocycles. The van der Waals surface area contributed by atoms with E-state index in [0.717, 1.165) is 43.4 Å². The number of hydrogen-bond acceptors (Lipinski definition) is 3. The minimum absolute atomic E-state index is 0.0898. The van der Waals surface area contributed by atoms with Crippen molar-refractivity contribution >= 4 is 16.9 Å². The zero-order valence-corrected chi connectivity index (χ0v) is 13.5. The molecule has 0 bridgehead atoms. The van der Waals surface area contributed by atoms with Crippen LogP contribution in [0.1, 0.15) is 28.8 Å². The molecule has 1 saturated heterocycles. The number of pyridine rings is 2. The summed E-state index contributed by atoms with van der Waals surface area (Å²) in [6, 6.07) is 7.89. The van der Waals surface area contributed by atoms with E-state index in [1.54, 1.807) is 12.4 Å². The largest absolute Gasteiger partial charge is 0.346 e. The number of rotatable bonds is 3. The molecule has 4 heterocycles. The van der Waals surface area contributed by atoms with Crippen molar-refractivity contribution in [2.45, 2.75) is 19.3 Å². The van der Waals surface area contributed by atoms with Crippen molar-refractivity contribution in [3.63, 3.8) is 0 Å². The Labute approximate surface area is 140 Å². The Morgan fingerprint density at radius 3 is 3.17 bits per heavy atom. The Morgan fingerprint density at radius 1 is 1.33 bits per heavy atom. The first-order valence-corrected chi connectivity index (χ1v) is 8.41. The Bertz CT molecular complexity index is 843.